The molecule has 2 aromatic rings. The molecule has 2 N–H and O–H groups in total. The lowest BCUT2D eigenvalue weighted by Crippen LogP contribution is -2.32. The van der Waals surface area contributed by atoms with Crippen molar-refractivity contribution in [1.82, 2.24) is 20.2 Å². The van der Waals surface area contributed by atoms with Gasteiger partial charge in [-0.3, -0.25) is 9.69 Å². The van der Waals surface area contributed by atoms with Gasteiger partial charge in [0.05, 0.1) is 0 Å². The van der Waals surface area contributed by atoms with Gasteiger partial charge < -0.3 is 10.3 Å². The average molecular weight is 324 g/mol. The van der Waals surface area contributed by atoms with Crippen molar-refractivity contribution in [3.63, 3.8) is 0 Å². The highest BCUT2D eigenvalue weighted by molar-refractivity contribution is 5.93. The Morgan fingerprint density at radius 3 is 2.75 bits per heavy atom. The number of rotatable bonds is 3. The predicted octanol–water partition coefficient (Wildman–Crippen LogP) is 2.47. The summed E-state index contributed by atoms with van der Waals surface area (Å²) in [6.07, 6.45) is 4.09. The van der Waals surface area contributed by atoms with Crippen LogP contribution in [0.2, 0.25) is 0 Å². The van der Waals surface area contributed by atoms with Crippen molar-refractivity contribution in [2.45, 2.75) is 38.1 Å². The minimum atomic E-state index is -0.0217. The fraction of sp³-hybridized carbons (Fsp3) is 0.474. The number of aromatic amines is 1. The minimum Gasteiger partial charge on any atom is -0.351 e. The fourth-order valence-electron chi connectivity index (χ4n) is 3.75. The summed E-state index contributed by atoms with van der Waals surface area (Å²) in [6, 6.07) is 10.6. The first-order chi connectivity index (χ1) is 11.8. The molecular formula is C19H24N4O. The van der Waals surface area contributed by atoms with Crippen molar-refractivity contribution < 1.29 is 4.79 Å². The molecule has 1 fully saturated rings. The SMILES string of the molecule is O=C1NCCCc2[nH]c(C3CCN(Cc4ccccc4)CC3)nc21. The van der Waals surface area contributed by atoms with E-state index in [1.165, 1.54) is 5.56 Å². The Morgan fingerprint density at radius 2 is 1.96 bits per heavy atom. The number of nitrogens with zero attached hydrogens (tertiary/aromatic N) is 2. The Morgan fingerprint density at radius 1 is 1.17 bits per heavy atom. The zero-order valence-corrected chi connectivity index (χ0v) is 13.9. The highest BCUT2D eigenvalue weighted by atomic mass is 16.1. The number of amides is 1. The van der Waals surface area contributed by atoms with E-state index >= 15 is 0 Å². The van der Waals surface area contributed by atoms with Crippen molar-refractivity contribution in [3.05, 3.63) is 53.1 Å². The summed E-state index contributed by atoms with van der Waals surface area (Å²) in [5.74, 6) is 1.43. The van der Waals surface area contributed by atoms with Crippen LogP contribution < -0.4 is 5.32 Å². The second-order valence-electron chi connectivity index (χ2n) is 6.84. The van der Waals surface area contributed by atoms with Crippen LogP contribution in [0.4, 0.5) is 0 Å². The number of nitrogens with one attached hydrogen (secondary N) is 2. The molecule has 1 aromatic heterocycles. The molecule has 0 spiro atoms. The van der Waals surface area contributed by atoms with Crippen LogP contribution in [0.3, 0.4) is 0 Å². The Bertz CT molecular complexity index is 701. The number of hydrogen-bond donors (Lipinski definition) is 2. The van der Waals surface area contributed by atoms with Gasteiger partial charge >= 0.3 is 0 Å². The summed E-state index contributed by atoms with van der Waals surface area (Å²) in [6.45, 7) is 3.93. The molecular weight excluding hydrogens is 300 g/mol. The third-order valence-electron chi connectivity index (χ3n) is 5.12. The highest BCUT2D eigenvalue weighted by Gasteiger charge is 2.26. The lowest BCUT2D eigenvalue weighted by Gasteiger charge is -2.31. The summed E-state index contributed by atoms with van der Waals surface area (Å²) >= 11 is 0. The van der Waals surface area contributed by atoms with Gasteiger partial charge in [0.1, 0.15) is 11.5 Å². The van der Waals surface area contributed by atoms with Crippen LogP contribution in [0.25, 0.3) is 0 Å². The Balaban J connectivity index is 1.39. The van der Waals surface area contributed by atoms with Crippen LogP contribution >= 0.6 is 0 Å². The van der Waals surface area contributed by atoms with Crippen molar-refractivity contribution in [3.8, 4) is 0 Å². The summed E-state index contributed by atoms with van der Waals surface area (Å²) in [5.41, 5.74) is 3.01. The third-order valence-corrected chi connectivity index (χ3v) is 5.12. The van der Waals surface area contributed by atoms with Gasteiger partial charge in [-0.1, -0.05) is 30.3 Å². The van der Waals surface area contributed by atoms with Crippen LogP contribution in [0.1, 0.15) is 52.8 Å². The zero-order chi connectivity index (χ0) is 16.4. The number of benzene rings is 1. The largest absolute Gasteiger partial charge is 0.351 e. The number of piperidine rings is 1. The van der Waals surface area contributed by atoms with Crippen molar-refractivity contribution in [2.24, 2.45) is 0 Å². The van der Waals surface area contributed by atoms with E-state index in [4.69, 9.17) is 0 Å². The van der Waals surface area contributed by atoms with Gasteiger partial charge in [-0.25, -0.2) is 4.98 Å². The van der Waals surface area contributed by atoms with Crippen molar-refractivity contribution in [2.75, 3.05) is 19.6 Å². The highest BCUT2D eigenvalue weighted by Crippen LogP contribution is 2.28. The van der Waals surface area contributed by atoms with Crippen molar-refractivity contribution in [1.29, 1.82) is 0 Å². The first kappa shape index (κ1) is 15.4. The molecule has 126 valence electrons. The molecule has 3 heterocycles. The molecule has 0 aliphatic carbocycles. The molecule has 4 rings (SSSR count). The maximum Gasteiger partial charge on any atom is 0.271 e. The third kappa shape index (κ3) is 3.22. The van der Waals surface area contributed by atoms with Crippen LogP contribution in [-0.4, -0.2) is 40.4 Å². The maximum absolute atomic E-state index is 12.1. The van der Waals surface area contributed by atoms with E-state index in [0.717, 1.165) is 63.4 Å². The molecule has 5 nitrogen and oxygen atoms in total. The Labute approximate surface area is 142 Å². The normalized spacial score (nSPS) is 19.6. The van der Waals surface area contributed by atoms with E-state index in [2.05, 4.69) is 50.5 Å². The van der Waals surface area contributed by atoms with Gasteiger partial charge in [0, 0.05) is 24.7 Å². The van der Waals surface area contributed by atoms with Gasteiger partial charge in [0.2, 0.25) is 0 Å². The molecule has 2 aliphatic rings. The lowest BCUT2D eigenvalue weighted by atomic mass is 9.96. The van der Waals surface area contributed by atoms with E-state index in [1.54, 1.807) is 0 Å². The topological polar surface area (TPSA) is 61.0 Å². The van der Waals surface area contributed by atoms with Crippen LogP contribution in [-0.2, 0) is 13.0 Å². The number of likely N-dealkylation sites (tertiary alicyclic amines) is 1. The molecule has 5 heteroatoms. The molecule has 0 unspecified atom stereocenters. The number of imidazole rings is 1. The summed E-state index contributed by atoms with van der Waals surface area (Å²) in [7, 11) is 0. The summed E-state index contributed by atoms with van der Waals surface area (Å²) < 4.78 is 0. The maximum atomic E-state index is 12.1. The molecule has 0 radical (unpaired) electrons. The van der Waals surface area contributed by atoms with Gasteiger partial charge in [0.15, 0.2) is 0 Å². The van der Waals surface area contributed by atoms with Gasteiger partial charge in [-0.2, -0.15) is 0 Å². The van der Waals surface area contributed by atoms with Gasteiger partial charge in [-0.15, -0.1) is 0 Å². The number of hydrogen-bond acceptors (Lipinski definition) is 3. The second kappa shape index (κ2) is 6.77. The van der Waals surface area contributed by atoms with Crippen LogP contribution in [0, 0.1) is 0 Å². The summed E-state index contributed by atoms with van der Waals surface area (Å²) in [5, 5.41) is 2.92. The van der Waals surface area contributed by atoms with Crippen molar-refractivity contribution >= 4 is 5.91 Å². The smallest absolute Gasteiger partial charge is 0.271 e. The number of aryl methyl sites for hydroxylation is 1. The number of H-pyrrole nitrogens is 1. The Hall–Kier alpha value is -2.14. The van der Waals surface area contributed by atoms with E-state index < -0.39 is 0 Å². The molecule has 1 saturated heterocycles. The molecule has 1 aromatic carbocycles. The first-order valence-electron chi connectivity index (χ1n) is 8.93. The molecule has 0 saturated carbocycles. The minimum absolute atomic E-state index is 0.0217. The van der Waals surface area contributed by atoms with Crippen LogP contribution in [0.5, 0.6) is 0 Å². The molecule has 24 heavy (non-hydrogen) atoms. The standard InChI is InChI=1S/C19H24N4O/c24-19-17-16(7-4-10-20-19)21-18(22-17)15-8-11-23(12-9-15)13-14-5-2-1-3-6-14/h1-3,5-6,15H,4,7-13H2,(H,20,24)(H,21,22). The molecule has 2 aliphatic heterocycles. The number of fused-ring (bicyclic) bond motifs is 1. The zero-order valence-electron chi connectivity index (χ0n) is 13.9. The molecule has 0 atom stereocenters. The van der Waals surface area contributed by atoms with E-state index in [9.17, 15) is 4.79 Å². The molecule has 0 bridgehead atoms. The average Bonchev–Trinajstić information content (AvgIpc) is 2.97. The van der Waals surface area contributed by atoms with E-state index in [0.29, 0.717) is 11.6 Å². The van der Waals surface area contributed by atoms with Gasteiger partial charge in [-0.05, 0) is 44.3 Å². The van der Waals surface area contributed by atoms with Gasteiger partial charge in [0.25, 0.3) is 5.91 Å². The predicted molar refractivity (Wildman–Crippen MR) is 92.9 cm³/mol. The van der Waals surface area contributed by atoms with E-state index in [-0.39, 0.29) is 5.91 Å². The quantitative estimate of drug-likeness (QED) is 0.912. The molecule has 1 amide bonds. The summed E-state index contributed by atoms with van der Waals surface area (Å²) in [4.78, 5) is 22.6. The number of carbonyl (C=O) groups is 1. The number of carbonyl (C=O) groups excluding carboxylic acids is 1. The fourth-order valence-corrected chi connectivity index (χ4v) is 3.75. The monoisotopic (exact) mass is 324 g/mol. The lowest BCUT2D eigenvalue weighted by molar-refractivity contribution is 0.0951. The Kier molecular flexibility index (Phi) is 4.34. The van der Waals surface area contributed by atoms with Crippen LogP contribution in [0.15, 0.2) is 30.3 Å². The number of aromatic nitrogens is 2. The first-order valence-corrected chi connectivity index (χ1v) is 8.93. The second-order valence-corrected chi connectivity index (χ2v) is 6.84. The van der Waals surface area contributed by atoms with E-state index in [1.807, 2.05) is 0 Å².